The molecule has 76 valence electrons. The van der Waals surface area contributed by atoms with Crippen molar-refractivity contribution in [2.75, 3.05) is 13.7 Å². The number of aliphatic hydroxyl groups is 1. The van der Waals surface area contributed by atoms with Crippen molar-refractivity contribution >= 4 is 0 Å². The molecule has 0 radical (unpaired) electrons. The van der Waals surface area contributed by atoms with Crippen molar-refractivity contribution in [3.8, 4) is 0 Å². The zero-order valence-electron chi connectivity index (χ0n) is 8.83. The van der Waals surface area contributed by atoms with E-state index in [0.717, 1.165) is 13.0 Å². The summed E-state index contributed by atoms with van der Waals surface area (Å²) in [5.74, 6) is 0. The summed E-state index contributed by atoms with van der Waals surface area (Å²) in [6, 6.07) is 8.51. The van der Waals surface area contributed by atoms with Gasteiger partial charge in [-0.3, -0.25) is 4.90 Å². The van der Waals surface area contributed by atoms with Gasteiger partial charge >= 0.3 is 0 Å². The molecule has 0 aromatic heterocycles. The molecule has 0 amide bonds. The van der Waals surface area contributed by atoms with Crippen LogP contribution in [0.3, 0.4) is 0 Å². The first-order chi connectivity index (χ1) is 6.68. The van der Waals surface area contributed by atoms with Crippen molar-refractivity contribution in [2.45, 2.75) is 25.4 Å². The number of hydrogen-bond acceptors (Lipinski definition) is 2. The van der Waals surface area contributed by atoms with Crippen LogP contribution >= 0.6 is 0 Å². The lowest BCUT2D eigenvalue weighted by atomic mass is 9.89. The van der Waals surface area contributed by atoms with Crippen LogP contribution in [0.15, 0.2) is 24.3 Å². The predicted octanol–water partition coefficient (Wildman–Crippen LogP) is 1.73. The van der Waals surface area contributed by atoms with Crippen molar-refractivity contribution in [1.29, 1.82) is 0 Å². The lowest BCUT2D eigenvalue weighted by molar-refractivity contribution is 0.114. The van der Waals surface area contributed by atoms with E-state index in [1.165, 1.54) is 11.1 Å². The molecule has 0 saturated heterocycles. The molecule has 0 bridgehead atoms. The van der Waals surface area contributed by atoms with E-state index in [1.807, 2.05) is 0 Å². The van der Waals surface area contributed by atoms with Crippen LogP contribution in [-0.4, -0.2) is 23.7 Å². The van der Waals surface area contributed by atoms with Crippen molar-refractivity contribution in [1.82, 2.24) is 4.90 Å². The highest BCUT2D eigenvalue weighted by Gasteiger charge is 2.37. The summed E-state index contributed by atoms with van der Waals surface area (Å²) in [5, 5.41) is 9.11. The van der Waals surface area contributed by atoms with Crippen LogP contribution in [-0.2, 0) is 12.1 Å². The lowest BCUT2D eigenvalue weighted by Gasteiger charge is -2.32. The minimum Gasteiger partial charge on any atom is -0.396 e. The Bertz CT molecular complexity index is 337. The quantitative estimate of drug-likeness (QED) is 0.769. The topological polar surface area (TPSA) is 23.5 Å². The fraction of sp³-hybridized carbons (Fsp3) is 0.500. The van der Waals surface area contributed by atoms with Crippen molar-refractivity contribution in [2.24, 2.45) is 0 Å². The second kappa shape index (κ2) is 3.37. The van der Waals surface area contributed by atoms with Gasteiger partial charge in [-0.2, -0.15) is 0 Å². The zero-order chi connectivity index (χ0) is 10.2. The second-order valence-corrected chi connectivity index (χ2v) is 4.26. The number of nitrogens with zero attached hydrogens (tertiary/aromatic N) is 1. The van der Waals surface area contributed by atoms with Crippen LogP contribution in [0.2, 0.25) is 0 Å². The van der Waals surface area contributed by atoms with Crippen LogP contribution in [0.5, 0.6) is 0 Å². The fourth-order valence-corrected chi connectivity index (χ4v) is 2.36. The predicted molar refractivity (Wildman–Crippen MR) is 57.0 cm³/mol. The van der Waals surface area contributed by atoms with E-state index in [9.17, 15) is 0 Å². The molecule has 2 rings (SSSR count). The van der Waals surface area contributed by atoms with Crippen LogP contribution in [0.1, 0.15) is 24.5 Å². The van der Waals surface area contributed by atoms with Gasteiger partial charge in [-0.25, -0.2) is 0 Å². The molecule has 14 heavy (non-hydrogen) atoms. The standard InChI is InChI=1S/C12H17NO/c1-12(7-8-14)11-6-4-3-5-10(11)9-13(12)2/h3-6,14H,7-9H2,1-2H3. The SMILES string of the molecule is CN1Cc2ccccc2C1(C)CCO. The molecule has 2 nitrogen and oxygen atoms in total. The van der Waals surface area contributed by atoms with Crippen molar-refractivity contribution in [3.63, 3.8) is 0 Å². The molecule has 1 aliphatic rings. The third-order valence-corrected chi connectivity index (χ3v) is 3.45. The van der Waals surface area contributed by atoms with E-state index >= 15 is 0 Å². The van der Waals surface area contributed by atoms with E-state index in [0.29, 0.717) is 0 Å². The van der Waals surface area contributed by atoms with Gasteiger partial charge in [0.25, 0.3) is 0 Å². The maximum absolute atomic E-state index is 9.11. The first-order valence-electron chi connectivity index (χ1n) is 5.09. The molecule has 1 unspecified atom stereocenters. The largest absolute Gasteiger partial charge is 0.396 e. The van der Waals surface area contributed by atoms with E-state index in [1.54, 1.807) is 0 Å². The van der Waals surface area contributed by atoms with Crippen LogP contribution in [0.25, 0.3) is 0 Å². The van der Waals surface area contributed by atoms with Gasteiger partial charge < -0.3 is 5.11 Å². The Labute approximate surface area is 85.2 Å². The average Bonchev–Trinajstić information content (AvgIpc) is 2.41. The van der Waals surface area contributed by atoms with Crippen molar-refractivity contribution < 1.29 is 5.11 Å². The highest BCUT2D eigenvalue weighted by atomic mass is 16.3. The van der Waals surface area contributed by atoms with E-state index < -0.39 is 0 Å². The molecule has 1 N–H and O–H groups in total. The average molecular weight is 191 g/mol. The van der Waals surface area contributed by atoms with Gasteiger partial charge in [-0.15, -0.1) is 0 Å². The van der Waals surface area contributed by atoms with Crippen LogP contribution in [0, 0.1) is 0 Å². The Hall–Kier alpha value is -0.860. The lowest BCUT2D eigenvalue weighted by Crippen LogP contribution is -2.36. The van der Waals surface area contributed by atoms with E-state index in [4.69, 9.17) is 5.11 Å². The summed E-state index contributed by atoms with van der Waals surface area (Å²) in [6.45, 7) is 3.44. The molecule has 1 atom stereocenters. The molecule has 0 saturated carbocycles. The molecule has 1 aromatic rings. The van der Waals surface area contributed by atoms with Gasteiger partial charge in [0, 0.05) is 18.7 Å². The molecule has 1 aliphatic heterocycles. The molecular weight excluding hydrogens is 174 g/mol. The Kier molecular flexibility index (Phi) is 2.33. The number of benzene rings is 1. The van der Waals surface area contributed by atoms with Crippen LogP contribution in [0.4, 0.5) is 0 Å². The molecule has 0 fully saturated rings. The summed E-state index contributed by atoms with van der Waals surface area (Å²) < 4.78 is 0. The van der Waals surface area contributed by atoms with Gasteiger partial charge in [-0.05, 0) is 31.5 Å². The number of hydrogen-bond donors (Lipinski definition) is 1. The summed E-state index contributed by atoms with van der Waals surface area (Å²) in [4.78, 5) is 2.31. The first-order valence-corrected chi connectivity index (χ1v) is 5.09. The Morgan fingerprint density at radius 1 is 1.43 bits per heavy atom. The molecule has 1 heterocycles. The maximum atomic E-state index is 9.11. The number of fused-ring (bicyclic) bond motifs is 1. The summed E-state index contributed by atoms with van der Waals surface area (Å²) >= 11 is 0. The molecule has 0 spiro atoms. The Balaban J connectivity index is 2.43. The van der Waals surface area contributed by atoms with Gasteiger partial charge in [-0.1, -0.05) is 24.3 Å². The number of aliphatic hydroxyl groups excluding tert-OH is 1. The molecule has 0 aliphatic carbocycles. The van der Waals surface area contributed by atoms with Crippen molar-refractivity contribution in [3.05, 3.63) is 35.4 Å². The van der Waals surface area contributed by atoms with Crippen LogP contribution < -0.4 is 0 Å². The summed E-state index contributed by atoms with van der Waals surface area (Å²) in [6.07, 6.45) is 0.806. The third kappa shape index (κ3) is 1.26. The highest BCUT2D eigenvalue weighted by molar-refractivity contribution is 5.37. The minimum absolute atomic E-state index is 0.0192. The first kappa shape index (κ1) is 9.69. The fourth-order valence-electron chi connectivity index (χ4n) is 2.36. The Morgan fingerprint density at radius 2 is 2.14 bits per heavy atom. The zero-order valence-corrected chi connectivity index (χ0v) is 8.83. The number of rotatable bonds is 2. The van der Waals surface area contributed by atoms with E-state index in [-0.39, 0.29) is 12.1 Å². The van der Waals surface area contributed by atoms with E-state index in [2.05, 4.69) is 43.1 Å². The molecule has 2 heteroatoms. The van der Waals surface area contributed by atoms with Gasteiger partial charge in [0.1, 0.15) is 0 Å². The molecular formula is C12H17NO. The smallest absolute Gasteiger partial charge is 0.0458 e. The highest BCUT2D eigenvalue weighted by Crippen LogP contribution is 2.39. The van der Waals surface area contributed by atoms with Gasteiger partial charge in [0.05, 0.1) is 0 Å². The minimum atomic E-state index is 0.0192. The van der Waals surface area contributed by atoms with Gasteiger partial charge in [0.2, 0.25) is 0 Å². The Morgan fingerprint density at radius 3 is 2.86 bits per heavy atom. The third-order valence-electron chi connectivity index (χ3n) is 3.45. The molecule has 1 aromatic carbocycles. The maximum Gasteiger partial charge on any atom is 0.0458 e. The monoisotopic (exact) mass is 191 g/mol. The van der Waals surface area contributed by atoms with Gasteiger partial charge in [0.15, 0.2) is 0 Å². The normalized spacial score (nSPS) is 26.5. The second-order valence-electron chi connectivity index (χ2n) is 4.26. The summed E-state index contributed by atoms with van der Waals surface area (Å²) in [7, 11) is 2.12. The summed E-state index contributed by atoms with van der Waals surface area (Å²) in [5.41, 5.74) is 2.79.